The molecular weight excluding hydrogens is 212 g/mol. The molecule has 0 saturated carbocycles. The number of ether oxygens (including phenoxy) is 4. The second-order valence-corrected chi connectivity index (χ2v) is 5.22. The zero-order chi connectivity index (χ0) is 12.0. The van der Waals surface area contributed by atoms with Crippen LogP contribution in [-0.2, 0) is 18.9 Å². The summed E-state index contributed by atoms with van der Waals surface area (Å²) in [6, 6.07) is 0. The van der Waals surface area contributed by atoms with Crippen LogP contribution in [0.2, 0.25) is 0 Å². The molecule has 2 heterocycles. The highest BCUT2D eigenvalue weighted by atomic mass is 16.8. The molecule has 2 aliphatic heterocycles. The van der Waals surface area contributed by atoms with Gasteiger partial charge in [-0.3, -0.25) is 0 Å². The van der Waals surface area contributed by atoms with Crippen molar-refractivity contribution in [2.75, 3.05) is 13.2 Å². The van der Waals surface area contributed by atoms with Gasteiger partial charge in [-0.15, -0.1) is 0 Å². The molecule has 0 radical (unpaired) electrons. The minimum atomic E-state index is -0.719. The molecule has 16 heavy (non-hydrogen) atoms. The van der Waals surface area contributed by atoms with E-state index in [0.29, 0.717) is 13.2 Å². The minimum absolute atomic E-state index is 0.350. The lowest BCUT2D eigenvalue weighted by atomic mass is 10.1. The first-order valence-electron chi connectivity index (χ1n) is 5.61. The Morgan fingerprint density at radius 1 is 0.938 bits per heavy atom. The molecule has 1 N–H and O–H groups in total. The Morgan fingerprint density at radius 2 is 1.31 bits per heavy atom. The van der Waals surface area contributed by atoms with Gasteiger partial charge in [0.1, 0.15) is 18.3 Å². The van der Waals surface area contributed by atoms with E-state index in [4.69, 9.17) is 18.9 Å². The van der Waals surface area contributed by atoms with Crippen molar-refractivity contribution in [2.45, 2.75) is 57.6 Å². The Bertz CT molecular complexity index is 237. The highest BCUT2D eigenvalue weighted by Gasteiger charge is 2.44. The van der Waals surface area contributed by atoms with Crippen LogP contribution < -0.4 is 0 Å². The summed E-state index contributed by atoms with van der Waals surface area (Å²) in [6.45, 7) is 8.08. The molecule has 5 heteroatoms. The van der Waals surface area contributed by atoms with Crippen LogP contribution in [0.25, 0.3) is 0 Å². The summed E-state index contributed by atoms with van der Waals surface area (Å²) in [5, 5.41) is 10.1. The highest BCUT2D eigenvalue weighted by Crippen LogP contribution is 2.30. The molecule has 0 aromatic heterocycles. The van der Waals surface area contributed by atoms with Crippen LogP contribution in [0.5, 0.6) is 0 Å². The van der Waals surface area contributed by atoms with E-state index in [0.717, 1.165) is 0 Å². The van der Waals surface area contributed by atoms with E-state index in [2.05, 4.69) is 0 Å². The average molecular weight is 232 g/mol. The van der Waals surface area contributed by atoms with Gasteiger partial charge in [-0.2, -0.15) is 0 Å². The Balaban J connectivity index is 1.92. The van der Waals surface area contributed by atoms with Gasteiger partial charge in [0.05, 0.1) is 13.2 Å². The number of aliphatic hydroxyl groups is 1. The molecule has 94 valence electrons. The molecule has 0 aromatic rings. The van der Waals surface area contributed by atoms with Gasteiger partial charge < -0.3 is 24.1 Å². The first-order valence-corrected chi connectivity index (χ1v) is 5.61. The molecule has 0 aliphatic carbocycles. The molecule has 5 nitrogen and oxygen atoms in total. The summed E-state index contributed by atoms with van der Waals surface area (Å²) >= 11 is 0. The zero-order valence-electron chi connectivity index (χ0n) is 10.2. The maximum Gasteiger partial charge on any atom is 0.163 e. The van der Waals surface area contributed by atoms with E-state index in [1.165, 1.54) is 0 Å². The van der Waals surface area contributed by atoms with Crippen molar-refractivity contribution >= 4 is 0 Å². The Morgan fingerprint density at radius 3 is 1.56 bits per heavy atom. The molecule has 0 bridgehead atoms. The fourth-order valence-corrected chi connectivity index (χ4v) is 2.01. The summed E-state index contributed by atoms with van der Waals surface area (Å²) in [6.07, 6.45) is -1.42. The van der Waals surface area contributed by atoms with Gasteiger partial charge in [0, 0.05) is 0 Å². The van der Waals surface area contributed by atoms with Crippen LogP contribution >= 0.6 is 0 Å². The third-order valence-electron chi connectivity index (χ3n) is 2.82. The average Bonchev–Trinajstić information content (AvgIpc) is 2.68. The molecule has 2 saturated heterocycles. The first kappa shape index (κ1) is 12.3. The van der Waals surface area contributed by atoms with Gasteiger partial charge in [-0.05, 0) is 27.7 Å². The largest absolute Gasteiger partial charge is 0.388 e. The fourth-order valence-electron chi connectivity index (χ4n) is 2.01. The Labute approximate surface area is 95.6 Å². The van der Waals surface area contributed by atoms with E-state index >= 15 is 0 Å². The number of aliphatic hydroxyl groups excluding tert-OH is 1. The first-order chi connectivity index (χ1) is 7.29. The number of rotatable bonds is 2. The van der Waals surface area contributed by atoms with Crippen LogP contribution in [-0.4, -0.2) is 48.2 Å². The predicted octanol–water partition coefficient (Wildman–Crippen LogP) is 0.650. The maximum absolute atomic E-state index is 10.1. The molecule has 2 fully saturated rings. The monoisotopic (exact) mass is 232 g/mol. The van der Waals surface area contributed by atoms with Gasteiger partial charge in [0.15, 0.2) is 11.6 Å². The summed E-state index contributed by atoms with van der Waals surface area (Å²) in [7, 11) is 0. The zero-order valence-corrected chi connectivity index (χ0v) is 10.2. The van der Waals surface area contributed by atoms with E-state index in [1.807, 2.05) is 27.7 Å². The molecule has 3 atom stereocenters. The SMILES string of the molecule is CC1(C)OC[C@@H]([C@H](O)[C@H]2COC(C)(C)O2)O1. The van der Waals surface area contributed by atoms with Crippen LogP contribution in [0.1, 0.15) is 27.7 Å². The maximum atomic E-state index is 10.1. The van der Waals surface area contributed by atoms with Crippen LogP contribution in [0.4, 0.5) is 0 Å². The minimum Gasteiger partial charge on any atom is -0.388 e. The topological polar surface area (TPSA) is 57.2 Å². The van der Waals surface area contributed by atoms with Crippen molar-refractivity contribution in [3.8, 4) is 0 Å². The summed E-state index contributed by atoms with van der Waals surface area (Å²) in [5.74, 6) is -1.25. The summed E-state index contributed by atoms with van der Waals surface area (Å²) in [5.41, 5.74) is 0. The molecule has 0 amide bonds. The van der Waals surface area contributed by atoms with E-state index in [1.54, 1.807) is 0 Å². The quantitative estimate of drug-likeness (QED) is 0.757. The van der Waals surface area contributed by atoms with Crippen molar-refractivity contribution in [1.82, 2.24) is 0 Å². The van der Waals surface area contributed by atoms with Crippen LogP contribution in [0, 0.1) is 0 Å². The third kappa shape index (κ3) is 2.55. The molecule has 2 rings (SSSR count). The lowest BCUT2D eigenvalue weighted by Gasteiger charge is -2.24. The van der Waals surface area contributed by atoms with E-state index in [-0.39, 0.29) is 12.2 Å². The summed E-state index contributed by atoms with van der Waals surface area (Å²) < 4.78 is 22.0. The lowest BCUT2D eigenvalue weighted by Crippen LogP contribution is -2.41. The Kier molecular flexibility index (Phi) is 3.01. The molecule has 0 unspecified atom stereocenters. The normalized spacial score (nSPS) is 38.8. The van der Waals surface area contributed by atoms with Crippen molar-refractivity contribution in [3.05, 3.63) is 0 Å². The second-order valence-electron chi connectivity index (χ2n) is 5.22. The second kappa shape index (κ2) is 3.92. The smallest absolute Gasteiger partial charge is 0.163 e. The lowest BCUT2D eigenvalue weighted by molar-refractivity contribution is -0.178. The highest BCUT2D eigenvalue weighted by molar-refractivity contribution is 4.86. The number of hydrogen-bond donors (Lipinski definition) is 1. The van der Waals surface area contributed by atoms with Crippen molar-refractivity contribution in [2.24, 2.45) is 0 Å². The van der Waals surface area contributed by atoms with Crippen LogP contribution in [0.3, 0.4) is 0 Å². The van der Waals surface area contributed by atoms with Gasteiger partial charge in [0.2, 0.25) is 0 Å². The fraction of sp³-hybridized carbons (Fsp3) is 1.00. The standard InChI is InChI=1S/C11H20O5/c1-10(2)13-5-7(15-10)9(12)8-6-14-11(3,4)16-8/h7-9,12H,5-6H2,1-4H3/t7-,8+,9-. The van der Waals surface area contributed by atoms with Gasteiger partial charge in [0.25, 0.3) is 0 Å². The van der Waals surface area contributed by atoms with Crippen molar-refractivity contribution in [3.63, 3.8) is 0 Å². The van der Waals surface area contributed by atoms with Crippen molar-refractivity contribution in [1.29, 1.82) is 0 Å². The molecular formula is C11H20O5. The van der Waals surface area contributed by atoms with Crippen LogP contribution in [0.15, 0.2) is 0 Å². The number of hydrogen-bond acceptors (Lipinski definition) is 5. The predicted molar refractivity (Wildman–Crippen MR) is 55.8 cm³/mol. The van der Waals surface area contributed by atoms with E-state index in [9.17, 15) is 5.11 Å². The van der Waals surface area contributed by atoms with Gasteiger partial charge >= 0.3 is 0 Å². The third-order valence-corrected chi connectivity index (χ3v) is 2.82. The Hall–Kier alpha value is -0.200. The summed E-state index contributed by atoms with van der Waals surface area (Å²) in [4.78, 5) is 0. The van der Waals surface area contributed by atoms with Crippen molar-refractivity contribution < 1.29 is 24.1 Å². The molecule has 0 aromatic carbocycles. The van der Waals surface area contributed by atoms with Gasteiger partial charge in [-0.1, -0.05) is 0 Å². The molecule has 0 spiro atoms. The molecule has 2 aliphatic rings. The van der Waals surface area contributed by atoms with E-state index < -0.39 is 17.7 Å². The van der Waals surface area contributed by atoms with Gasteiger partial charge in [-0.25, -0.2) is 0 Å².